The van der Waals surface area contributed by atoms with Crippen LogP contribution in [0.4, 0.5) is 0 Å². The minimum atomic E-state index is -0.419. The van der Waals surface area contributed by atoms with Crippen LogP contribution in [0, 0.1) is 0 Å². The van der Waals surface area contributed by atoms with Crippen molar-refractivity contribution in [2.45, 2.75) is 59.8 Å². The first-order valence-electron chi connectivity index (χ1n) is 10.6. The molecule has 0 N–H and O–H groups in total. The molecule has 6 heteroatoms. The molecule has 0 aliphatic carbocycles. The fourth-order valence-electron chi connectivity index (χ4n) is 3.25. The quantitative estimate of drug-likeness (QED) is 0.537. The van der Waals surface area contributed by atoms with Gasteiger partial charge in [-0.2, -0.15) is 5.10 Å². The van der Waals surface area contributed by atoms with Crippen molar-refractivity contribution >= 4 is 11.9 Å². The molecule has 0 fully saturated rings. The first-order valence-corrected chi connectivity index (χ1v) is 10.6. The lowest BCUT2D eigenvalue weighted by Crippen LogP contribution is -2.32. The van der Waals surface area contributed by atoms with Crippen LogP contribution in [0.25, 0.3) is 5.69 Å². The molecule has 0 saturated heterocycles. The molecule has 0 aliphatic heterocycles. The number of amides is 1. The first kappa shape index (κ1) is 22.7. The second-order valence-corrected chi connectivity index (χ2v) is 7.24. The molecule has 0 saturated carbocycles. The van der Waals surface area contributed by atoms with E-state index in [-0.39, 0.29) is 11.8 Å². The van der Waals surface area contributed by atoms with Crippen molar-refractivity contribution in [3.63, 3.8) is 0 Å². The summed E-state index contributed by atoms with van der Waals surface area (Å²) in [6.45, 7) is 12.0. The van der Waals surface area contributed by atoms with Gasteiger partial charge in [0.1, 0.15) is 0 Å². The predicted octanol–water partition coefficient (Wildman–Crippen LogP) is 4.82. The van der Waals surface area contributed by atoms with Crippen LogP contribution in [-0.4, -0.2) is 46.3 Å². The number of rotatable bonds is 10. The molecule has 0 spiro atoms. The number of benzene rings is 1. The second kappa shape index (κ2) is 10.8. The molecule has 2 rings (SSSR count). The molecule has 1 unspecified atom stereocenters. The Bertz CT molecular complexity index is 805. The molecule has 0 aliphatic rings. The van der Waals surface area contributed by atoms with Crippen molar-refractivity contribution in [3.05, 3.63) is 47.3 Å². The zero-order valence-corrected chi connectivity index (χ0v) is 18.3. The van der Waals surface area contributed by atoms with E-state index in [4.69, 9.17) is 4.74 Å². The Hall–Kier alpha value is -2.63. The van der Waals surface area contributed by atoms with Crippen molar-refractivity contribution in [1.82, 2.24) is 14.7 Å². The van der Waals surface area contributed by atoms with E-state index < -0.39 is 5.97 Å². The van der Waals surface area contributed by atoms with E-state index in [2.05, 4.69) is 32.8 Å². The maximum absolute atomic E-state index is 12.8. The summed E-state index contributed by atoms with van der Waals surface area (Å²) in [7, 11) is 0. The summed E-state index contributed by atoms with van der Waals surface area (Å²) in [5.41, 5.74) is 2.75. The maximum Gasteiger partial charge on any atom is 0.358 e. The molecule has 2 aromatic rings. The minimum Gasteiger partial charge on any atom is -0.461 e. The summed E-state index contributed by atoms with van der Waals surface area (Å²) in [6, 6.07) is 9.24. The van der Waals surface area contributed by atoms with Crippen LogP contribution in [0.2, 0.25) is 0 Å². The Morgan fingerprint density at radius 2 is 1.69 bits per heavy atom. The molecule has 1 aromatic heterocycles. The van der Waals surface area contributed by atoms with Gasteiger partial charge < -0.3 is 9.64 Å². The van der Waals surface area contributed by atoms with Gasteiger partial charge in [-0.25, -0.2) is 9.48 Å². The van der Waals surface area contributed by atoms with E-state index in [1.807, 2.05) is 29.2 Å². The number of esters is 1. The number of hydrogen-bond donors (Lipinski definition) is 0. The highest BCUT2D eigenvalue weighted by Crippen LogP contribution is 2.24. The highest BCUT2D eigenvalue weighted by molar-refractivity contribution is 5.94. The Morgan fingerprint density at radius 1 is 1.07 bits per heavy atom. The maximum atomic E-state index is 12.8. The van der Waals surface area contributed by atoms with Gasteiger partial charge in [-0.3, -0.25) is 4.79 Å². The van der Waals surface area contributed by atoms with Crippen LogP contribution in [0.15, 0.2) is 30.3 Å². The highest BCUT2D eigenvalue weighted by atomic mass is 16.5. The largest absolute Gasteiger partial charge is 0.461 e. The van der Waals surface area contributed by atoms with Crippen molar-refractivity contribution in [2.24, 2.45) is 0 Å². The van der Waals surface area contributed by atoms with E-state index in [0.29, 0.717) is 17.9 Å². The van der Waals surface area contributed by atoms with Crippen LogP contribution in [0.5, 0.6) is 0 Å². The minimum absolute atomic E-state index is 0.0510. The fourth-order valence-corrected chi connectivity index (χ4v) is 3.25. The molecule has 0 bridgehead atoms. The van der Waals surface area contributed by atoms with Crippen LogP contribution >= 0.6 is 0 Å². The van der Waals surface area contributed by atoms with E-state index in [0.717, 1.165) is 43.7 Å². The van der Waals surface area contributed by atoms with Gasteiger partial charge in [0.2, 0.25) is 0 Å². The number of aromatic nitrogens is 2. The van der Waals surface area contributed by atoms with Crippen LogP contribution < -0.4 is 0 Å². The average Bonchev–Trinajstić information content (AvgIpc) is 3.18. The molecule has 158 valence electrons. The molecule has 1 amide bonds. The molecule has 1 aromatic carbocycles. The third-order valence-electron chi connectivity index (χ3n) is 4.97. The molecule has 1 heterocycles. The summed E-state index contributed by atoms with van der Waals surface area (Å²) in [4.78, 5) is 26.8. The molecule has 6 nitrogen and oxygen atoms in total. The van der Waals surface area contributed by atoms with Crippen LogP contribution in [-0.2, 0) is 4.74 Å². The predicted molar refractivity (Wildman–Crippen MR) is 115 cm³/mol. The second-order valence-electron chi connectivity index (χ2n) is 7.24. The lowest BCUT2D eigenvalue weighted by molar-refractivity contribution is 0.0518. The van der Waals surface area contributed by atoms with Crippen LogP contribution in [0.3, 0.4) is 0 Å². The third kappa shape index (κ3) is 5.46. The standard InChI is InChI=1S/C23H33N3O3/c1-6-14-25(15-7-2)22(27)18-10-12-19(13-11-18)26-21(17(5)8-3)16-20(24-26)23(28)29-9-4/h10-13,16-17H,6-9,14-15H2,1-5H3. The van der Waals surface area contributed by atoms with E-state index in [1.165, 1.54) is 0 Å². The van der Waals surface area contributed by atoms with Gasteiger partial charge in [-0.15, -0.1) is 0 Å². The number of carbonyl (C=O) groups is 2. The Kier molecular flexibility index (Phi) is 8.43. The fraction of sp³-hybridized carbons (Fsp3) is 0.522. The third-order valence-corrected chi connectivity index (χ3v) is 4.97. The highest BCUT2D eigenvalue weighted by Gasteiger charge is 2.20. The summed E-state index contributed by atoms with van der Waals surface area (Å²) < 4.78 is 6.89. The van der Waals surface area contributed by atoms with Gasteiger partial charge in [0.25, 0.3) is 5.91 Å². The SMILES string of the molecule is CCCN(CCC)C(=O)c1ccc(-n2nc(C(=O)OCC)cc2C(C)CC)cc1. The Morgan fingerprint density at radius 3 is 2.21 bits per heavy atom. The van der Waals surface area contributed by atoms with Gasteiger partial charge in [0.15, 0.2) is 5.69 Å². The number of nitrogens with zero attached hydrogens (tertiary/aromatic N) is 3. The number of hydrogen-bond acceptors (Lipinski definition) is 4. The summed E-state index contributed by atoms with van der Waals surface area (Å²) >= 11 is 0. The van der Waals surface area contributed by atoms with Gasteiger partial charge in [0, 0.05) is 24.3 Å². The lowest BCUT2D eigenvalue weighted by atomic mass is 10.0. The monoisotopic (exact) mass is 399 g/mol. The smallest absolute Gasteiger partial charge is 0.358 e. The van der Waals surface area contributed by atoms with Crippen LogP contribution in [0.1, 0.15) is 86.3 Å². The first-order chi connectivity index (χ1) is 14.0. The van der Waals surface area contributed by atoms with Crippen molar-refractivity contribution in [2.75, 3.05) is 19.7 Å². The Labute approximate surface area is 173 Å². The average molecular weight is 400 g/mol. The number of carbonyl (C=O) groups excluding carboxylic acids is 2. The van der Waals surface area contributed by atoms with Crippen molar-refractivity contribution in [3.8, 4) is 5.69 Å². The molecule has 1 atom stereocenters. The van der Waals surface area contributed by atoms with E-state index in [9.17, 15) is 9.59 Å². The zero-order chi connectivity index (χ0) is 21.4. The van der Waals surface area contributed by atoms with Gasteiger partial charge in [-0.05, 0) is 62.4 Å². The lowest BCUT2D eigenvalue weighted by Gasteiger charge is -2.21. The zero-order valence-electron chi connectivity index (χ0n) is 18.3. The van der Waals surface area contributed by atoms with Crippen molar-refractivity contribution in [1.29, 1.82) is 0 Å². The molecular formula is C23H33N3O3. The molecule has 29 heavy (non-hydrogen) atoms. The normalized spacial score (nSPS) is 11.9. The summed E-state index contributed by atoms with van der Waals surface area (Å²) in [5, 5.41) is 4.48. The summed E-state index contributed by atoms with van der Waals surface area (Å²) in [6.07, 6.45) is 2.80. The van der Waals surface area contributed by atoms with Gasteiger partial charge in [-0.1, -0.05) is 27.7 Å². The Balaban J connectivity index is 2.35. The van der Waals surface area contributed by atoms with E-state index >= 15 is 0 Å². The molecule has 0 radical (unpaired) electrons. The van der Waals surface area contributed by atoms with Gasteiger partial charge in [0.05, 0.1) is 12.3 Å². The summed E-state index contributed by atoms with van der Waals surface area (Å²) in [5.74, 6) is -0.135. The number of ether oxygens (including phenoxy) is 1. The molecular weight excluding hydrogens is 366 g/mol. The van der Waals surface area contributed by atoms with E-state index in [1.54, 1.807) is 17.7 Å². The topological polar surface area (TPSA) is 64.4 Å². The van der Waals surface area contributed by atoms with Gasteiger partial charge >= 0.3 is 5.97 Å². The van der Waals surface area contributed by atoms with Crippen molar-refractivity contribution < 1.29 is 14.3 Å².